The van der Waals surface area contributed by atoms with E-state index in [-0.39, 0.29) is 0 Å². The van der Waals surface area contributed by atoms with E-state index in [1.165, 1.54) is 0 Å². The lowest BCUT2D eigenvalue weighted by Gasteiger charge is -2.02. The highest BCUT2D eigenvalue weighted by molar-refractivity contribution is 6.27. The number of carboxylic acid groups (broad SMARTS) is 2. The van der Waals surface area contributed by atoms with E-state index in [4.69, 9.17) is 29.3 Å². The van der Waals surface area contributed by atoms with Gasteiger partial charge in [0.25, 0.3) is 0 Å². The first-order valence-electron chi connectivity index (χ1n) is 5.46. The van der Waals surface area contributed by atoms with Crippen molar-refractivity contribution in [3.8, 4) is 11.5 Å². The van der Waals surface area contributed by atoms with Crippen LogP contribution >= 0.6 is 0 Å². The molecule has 108 valence electrons. The fourth-order valence-corrected chi connectivity index (χ4v) is 1.15. The summed E-state index contributed by atoms with van der Waals surface area (Å²) in [6, 6.07) is 5.63. The Hall–Kier alpha value is -2.77. The van der Waals surface area contributed by atoms with Gasteiger partial charge in [0.15, 0.2) is 11.5 Å². The van der Waals surface area contributed by atoms with Crippen LogP contribution in [0.25, 0.3) is 0 Å². The summed E-state index contributed by atoms with van der Waals surface area (Å²) in [4.78, 5) is 24.3. The normalized spacial score (nSPS) is 11.7. The van der Waals surface area contributed by atoms with E-state index in [1.54, 1.807) is 6.34 Å². The van der Waals surface area contributed by atoms with Gasteiger partial charge in [-0.1, -0.05) is 0 Å². The molecule has 0 aliphatic carbocycles. The number of ether oxygens (including phenoxy) is 2. The van der Waals surface area contributed by atoms with Crippen LogP contribution in [0, 0.1) is 0 Å². The number of hydrogen-bond acceptors (Lipinski definition) is 5. The fraction of sp³-hybridized carbons (Fsp3) is 0.250. The fourth-order valence-electron chi connectivity index (χ4n) is 1.15. The lowest BCUT2D eigenvalue weighted by atomic mass is 10.3. The van der Waals surface area contributed by atoms with E-state index in [0.29, 0.717) is 6.79 Å². The summed E-state index contributed by atoms with van der Waals surface area (Å²) < 4.78 is 10.4. The minimum absolute atomic E-state index is 0.302. The van der Waals surface area contributed by atoms with E-state index in [1.807, 2.05) is 37.2 Å². The molecule has 0 amide bonds. The van der Waals surface area contributed by atoms with Crippen molar-refractivity contribution in [2.75, 3.05) is 20.9 Å². The molecule has 0 spiro atoms. The largest absolute Gasteiger partial charge is 0.473 e. The van der Waals surface area contributed by atoms with E-state index in [0.717, 1.165) is 17.2 Å². The van der Waals surface area contributed by atoms with Gasteiger partial charge in [-0.25, -0.2) is 14.6 Å². The molecule has 0 fully saturated rings. The number of hydrogen-bond donors (Lipinski definition) is 2. The first-order valence-corrected chi connectivity index (χ1v) is 5.46. The Kier molecular flexibility index (Phi) is 5.33. The molecule has 1 aliphatic heterocycles. The molecule has 0 saturated heterocycles. The molecule has 1 aromatic rings. The number of benzene rings is 1. The van der Waals surface area contributed by atoms with Gasteiger partial charge in [0.2, 0.25) is 6.79 Å². The monoisotopic (exact) mass is 282 g/mol. The van der Waals surface area contributed by atoms with Gasteiger partial charge in [-0.3, -0.25) is 0 Å². The first kappa shape index (κ1) is 15.3. The average molecular weight is 282 g/mol. The van der Waals surface area contributed by atoms with E-state index < -0.39 is 11.9 Å². The number of carbonyl (C=O) groups is 2. The number of carboxylic acids is 2. The third kappa shape index (κ3) is 4.84. The molecule has 1 aliphatic rings. The van der Waals surface area contributed by atoms with Crippen LogP contribution in [-0.4, -0.2) is 54.3 Å². The minimum Gasteiger partial charge on any atom is -0.473 e. The summed E-state index contributed by atoms with van der Waals surface area (Å²) in [6.45, 7) is 0.302. The Morgan fingerprint density at radius 3 is 2.35 bits per heavy atom. The molecule has 0 saturated carbocycles. The molecule has 0 unspecified atom stereocenters. The van der Waals surface area contributed by atoms with Gasteiger partial charge >= 0.3 is 11.9 Å². The van der Waals surface area contributed by atoms with Crippen molar-refractivity contribution < 1.29 is 29.3 Å². The number of nitrogens with zero attached hydrogens (tertiary/aromatic N) is 2. The van der Waals surface area contributed by atoms with Crippen LogP contribution in [0.15, 0.2) is 23.2 Å². The second-order valence-electron chi connectivity index (χ2n) is 3.86. The smallest absolute Gasteiger partial charge is 0.414 e. The predicted molar refractivity (Wildman–Crippen MR) is 69.7 cm³/mol. The van der Waals surface area contributed by atoms with Gasteiger partial charge in [-0.2, -0.15) is 0 Å². The molecule has 8 nitrogen and oxygen atoms in total. The Bertz CT molecular complexity index is 515. The van der Waals surface area contributed by atoms with Crippen LogP contribution in [0.2, 0.25) is 0 Å². The molecule has 0 radical (unpaired) electrons. The lowest BCUT2D eigenvalue weighted by molar-refractivity contribution is -0.159. The van der Waals surface area contributed by atoms with Crippen LogP contribution in [0.3, 0.4) is 0 Å². The Morgan fingerprint density at radius 2 is 1.80 bits per heavy atom. The number of rotatable bonds is 2. The lowest BCUT2D eigenvalue weighted by Crippen LogP contribution is -2.09. The van der Waals surface area contributed by atoms with Crippen LogP contribution in [0.5, 0.6) is 11.5 Å². The number of aliphatic imine (C=N–C) groups is 1. The van der Waals surface area contributed by atoms with Crippen molar-refractivity contribution in [3.63, 3.8) is 0 Å². The van der Waals surface area contributed by atoms with Crippen molar-refractivity contribution in [1.29, 1.82) is 0 Å². The zero-order chi connectivity index (χ0) is 15.1. The molecular formula is C12H14N2O6. The summed E-state index contributed by atoms with van der Waals surface area (Å²) in [6.07, 6.45) is 1.75. The van der Waals surface area contributed by atoms with Crippen LogP contribution < -0.4 is 9.47 Å². The summed E-state index contributed by atoms with van der Waals surface area (Å²) >= 11 is 0. The molecule has 0 bridgehead atoms. The van der Waals surface area contributed by atoms with Gasteiger partial charge in [-0.05, 0) is 12.1 Å². The molecule has 8 heteroatoms. The number of aliphatic carboxylic acids is 2. The highest BCUT2D eigenvalue weighted by Gasteiger charge is 2.12. The highest BCUT2D eigenvalue weighted by Crippen LogP contribution is 2.34. The quantitative estimate of drug-likeness (QED) is 0.469. The van der Waals surface area contributed by atoms with Crippen molar-refractivity contribution >= 4 is 24.0 Å². The minimum atomic E-state index is -1.82. The molecule has 1 heterocycles. The molecule has 2 rings (SSSR count). The molecule has 2 N–H and O–H groups in total. The summed E-state index contributed by atoms with van der Waals surface area (Å²) in [7, 11) is 3.85. The van der Waals surface area contributed by atoms with Gasteiger partial charge in [0.05, 0.1) is 12.0 Å². The van der Waals surface area contributed by atoms with Gasteiger partial charge < -0.3 is 24.6 Å². The molecule has 0 aromatic heterocycles. The van der Waals surface area contributed by atoms with Gasteiger partial charge in [0, 0.05) is 20.2 Å². The summed E-state index contributed by atoms with van der Waals surface area (Å²) in [5.41, 5.74) is 0.864. The second-order valence-corrected chi connectivity index (χ2v) is 3.86. The Labute approximate surface area is 114 Å². The Balaban J connectivity index is 0.000000286. The Morgan fingerprint density at radius 1 is 1.20 bits per heavy atom. The average Bonchev–Trinajstić information content (AvgIpc) is 2.84. The number of fused-ring (bicyclic) bond motifs is 1. The predicted octanol–water partition coefficient (Wildman–Crippen LogP) is 0.792. The van der Waals surface area contributed by atoms with Gasteiger partial charge in [-0.15, -0.1) is 0 Å². The molecule has 0 atom stereocenters. The summed E-state index contributed by atoms with van der Waals surface area (Å²) in [5.74, 6) is -2.10. The van der Waals surface area contributed by atoms with Crippen LogP contribution in [0.4, 0.5) is 5.69 Å². The van der Waals surface area contributed by atoms with Crippen molar-refractivity contribution in [2.45, 2.75) is 0 Å². The maximum absolute atomic E-state index is 9.10. The summed E-state index contributed by atoms with van der Waals surface area (Å²) in [5, 5.41) is 14.8. The van der Waals surface area contributed by atoms with Gasteiger partial charge in [0.1, 0.15) is 0 Å². The molecule has 20 heavy (non-hydrogen) atoms. The standard InChI is InChI=1S/C10H12N2O2.C2H2O4/c1-12(2)6-11-8-3-4-9-10(5-8)14-7-13-9;3-1(4)2(5)6/h3-6H,7H2,1-2H3;(H,3,4)(H,5,6). The maximum atomic E-state index is 9.10. The van der Waals surface area contributed by atoms with Crippen LogP contribution in [-0.2, 0) is 9.59 Å². The zero-order valence-electron chi connectivity index (χ0n) is 10.9. The highest BCUT2D eigenvalue weighted by atomic mass is 16.7. The first-order chi connectivity index (χ1) is 9.40. The zero-order valence-corrected chi connectivity index (χ0v) is 10.9. The van der Waals surface area contributed by atoms with E-state index >= 15 is 0 Å². The van der Waals surface area contributed by atoms with E-state index in [2.05, 4.69) is 4.99 Å². The third-order valence-electron chi connectivity index (χ3n) is 1.98. The molecule has 1 aromatic carbocycles. The SMILES string of the molecule is CN(C)C=Nc1ccc2c(c1)OCO2.O=C(O)C(=O)O. The molecular weight excluding hydrogens is 268 g/mol. The topological polar surface area (TPSA) is 109 Å². The van der Waals surface area contributed by atoms with E-state index in [9.17, 15) is 0 Å². The van der Waals surface area contributed by atoms with Crippen LogP contribution in [0.1, 0.15) is 0 Å². The second kappa shape index (κ2) is 6.98. The maximum Gasteiger partial charge on any atom is 0.414 e. The van der Waals surface area contributed by atoms with Crippen molar-refractivity contribution in [3.05, 3.63) is 18.2 Å². The third-order valence-corrected chi connectivity index (χ3v) is 1.98. The van der Waals surface area contributed by atoms with Crippen molar-refractivity contribution in [1.82, 2.24) is 4.90 Å². The van der Waals surface area contributed by atoms with Crippen molar-refractivity contribution in [2.24, 2.45) is 4.99 Å².